The highest BCUT2D eigenvalue weighted by atomic mass is 16.5. The number of hydrogen-bond acceptors (Lipinski definition) is 10. The zero-order valence-electron chi connectivity index (χ0n) is 24.1. The summed E-state index contributed by atoms with van der Waals surface area (Å²) in [6, 6.07) is 17.4. The topological polar surface area (TPSA) is 157 Å². The van der Waals surface area contributed by atoms with Crippen molar-refractivity contribution in [1.29, 1.82) is 0 Å². The fraction of sp³-hybridized carbons (Fsp3) is 0.273. The van der Waals surface area contributed by atoms with Crippen LogP contribution in [0.3, 0.4) is 0 Å². The van der Waals surface area contributed by atoms with Gasteiger partial charge in [0.1, 0.15) is 11.5 Å². The molecule has 0 amide bonds. The molecule has 0 radical (unpaired) electrons. The van der Waals surface area contributed by atoms with E-state index < -0.39 is 17.9 Å². The van der Waals surface area contributed by atoms with Crippen molar-refractivity contribution in [2.24, 2.45) is 0 Å². The van der Waals surface area contributed by atoms with Gasteiger partial charge in [-0.15, -0.1) is 0 Å². The van der Waals surface area contributed by atoms with Crippen molar-refractivity contribution >= 4 is 41.3 Å². The maximum atomic E-state index is 12.3. The van der Waals surface area contributed by atoms with Gasteiger partial charge >= 0.3 is 23.9 Å². The first-order chi connectivity index (χ1) is 20.7. The number of unbranched alkanes of at least 4 members (excludes halogenated alkanes) is 3. The Hall–Kier alpha value is -5.12. The number of nitrogens with two attached hydrogens (primary N) is 2. The molecule has 3 rings (SSSR count). The number of benzene rings is 3. The van der Waals surface area contributed by atoms with Gasteiger partial charge in [0.25, 0.3) is 0 Å². The molecule has 10 heteroatoms. The van der Waals surface area contributed by atoms with Gasteiger partial charge in [0, 0.05) is 23.9 Å². The summed E-state index contributed by atoms with van der Waals surface area (Å²) in [6.07, 6.45) is 6.80. The molecule has 0 saturated carbocycles. The highest BCUT2D eigenvalue weighted by Crippen LogP contribution is 2.19. The minimum absolute atomic E-state index is 0.229. The summed E-state index contributed by atoms with van der Waals surface area (Å²) >= 11 is 0. The maximum absolute atomic E-state index is 12.3. The van der Waals surface area contributed by atoms with Crippen LogP contribution in [-0.4, -0.2) is 37.1 Å². The molecule has 0 heterocycles. The summed E-state index contributed by atoms with van der Waals surface area (Å²) in [7, 11) is 0. The van der Waals surface area contributed by atoms with Gasteiger partial charge in [0.05, 0.1) is 24.3 Å². The lowest BCUT2D eigenvalue weighted by Gasteiger charge is -2.07. The first-order valence-corrected chi connectivity index (χ1v) is 14.0. The second-order valence-corrected chi connectivity index (χ2v) is 9.65. The lowest BCUT2D eigenvalue weighted by atomic mass is 10.1. The molecule has 4 N–H and O–H groups in total. The number of anilines is 2. The SMILES string of the molecule is CCCCC(=O)Oc1ccc(OC(=O)/C=C/c2ccc(C(=O)OCCCCCOC(=O)c3cc(N)cc(N)c3)cc2)cc1. The van der Waals surface area contributed by atoms with Gasteiger partial charge in [-0.3, -0.25) is 4.79 Å². The van der Waals surface area contributed by atoms with Gasteiger partial charge < -0.3 is 30.4 Å². The number of ether oxygens (including phenoxy) is 4. The van der Waals surface area contributed by atoms with Crippen LogP contribution in [0.5, 0.6) is 11.5 Å². The van der Waals surface area contributed by atoms with E-state index in [2.05, 4.69) is 0 Å². The van der Waals surface area contributed by atoms with Crippen LogP contribution < -0.4 is 20.9 Å². The molecule has 0 saturated heterocycles. The van der Waals surface area contributed by atoms with Crippen molar-refractivity contribution in [1.82, 2.24) is 0 Å². The molecule has 10 nitrogen and oxygen atoms in total. The van der Waals surface area contributed by atoms with Crippen LogP contribution in [0.1, 0.15) is 71.7 Å². The predicted octanol–water partition coefficient (Wildman–Crippen LogP) is 5.75. The number of nitrogen functional groups attached to an aromatic ring is 2. The smallest absolute Gasteiger partial charge is 0.338 e. The Morgan fingerprint density at radius 2 is 1.23 bits per heavy atom. The van der Waals surface area contributed by atoms with Crippen LogP contribution >= 0.6 is 0 Å². The summed E-state index contributed by atoms with van der Waals surface area (Å²) in [6.45, 7) is 2.46. The van der Waals surface area contributed by atoms with Crippen molar-refractivity contribution in [3.63, 3.8) is 0 Å². The standard InChI is InChI=1S/C33H36N2O8/c1-2-3-7-30(36)42-28-13-15-29(16-14-28)43-31(37)17-10-23-8-11-24(12-9-23)32(38)40-18-5-4-6-19-41-33(39)25-20-26(34)22-27(35)21-25/h8-17,20-22H,2-7,18-19,34-35H2,1H3/b17-10+. The van der Waals surface area contributed by atoms with Gasteiger partial charge in [-0.25, -0.2) is 14.4 Å². The minimum Gasteiger partial charge on any atom is -0.462 e. The monoisotopic (exact) mass is 588 g/mol. The lowest BCUT2D eigenvalue weighted by Crippen LogP contribution is -2.09. The molecule has 0 aliphatic rings. The van der Waals surface area contributed by atoms with Crippen LogP contribution in [0, 0.1) is 0 Å². The van der Waals surface area contributed by atoms with Crippen LogP contribution in [0.2, 0.25) is 0 Å². The van der Waals surface area contributed by atoms with Gasteiger partial charge in [-0.05, 0) is 91.9 Å². The molecule has 3 aromatic carbocycles. The summed E-state index contributed by atoms with van der Waals surface area (Å²) in [5.41, 5.74) is 13.5. The molecule has 0 aromatic heterocycles. The summed E-state index contributed by atoms with van der Waals surface area (Å²) in [4.78, 5) is 48.3. The lowest BCUT2D eigenvalue weighted by molar-refractivity contribution is -0.134. The van der Waals surface area contributed by atoms with Crippen molar-refractivity contribution < 1.29 is 38.1 Å². The second kappa shape index (κ2) is 17.0. The van der Waals surface area contributed by atoms with E-state index >= 15 is 0 Å². The molecule has 0 unspecified atom stereocenters. The molecule has 43 heavy (non-hydrogen) atoms. The zero-order valence-corrected chi connectivity index (χ0v) is 24.1. The number of esters is 4. The fourth-order valence-electron chi connectivity index (χ4n) is 3.80. The maximum Gasteiger partial charge on any atom is 0.338 e. The van der Waals surface area contributed by atoms with E-state index in [4.69, 9.17) is 30.4 Å². The van der Waals surface area contributed by atoms with E-state index in [1.807, 2.05) is 6.92 Å². The first-order valence-electron chi connectivity index (χ1n) is 14.0. The van der Waals surface area contributed by atoms with Crippen LogP contribution in [0.4, 0.5) is 11.4 Å². The van der Waals surface area contributed by atoms with Gasteiger partial charge in [0.2, 0.25) is 0 Å². The molecule has 0 spiro atoms. The normalized spacial score (nSPS) is 10.7. The van der Waals surface area contributed by atoms with Crippen LogP contribution in [0.15, 0.2) is 72.8 Å². The average Bonchev–Trinajstić information content (AvgIpc) is 2.99. The number of hydrogen-bond donors (Lipinski definition) is 2. The van der Waals surface area contributed by atoms with E-state index in [0.717, 1.165) is 12.8 Å². The second-order valence-electron chi connectivity index (χ2n) is 9.65. The Morgan fingerprint density at radius 1 is 0.674 bits per heavy atom. The zero-order chi connectivity index (χ0) is 31.0. The summed E-state index contributed by atoms with van der Waals surface area (Å²) in [5.74, 6) is -1.14. The Bertz CT molecular complexity index is 1400. The van der Waals surface area contributed by atoms with Gasteiger partial charge in [0.15, 0.2) is 0 Å². The molecule has 3 aromatic rings. The third-order valence-corrected chi connectivity index (χ3v) is 6.03. The van der Waals surface area contributed by atoms with E-state index in [-0.39, 0.29) is 19.2 Å². The van der Waals surface area contributed by atoms with Crippen LogP contribution in [0.25, 0.3) is 6.08 Å². The van der Waals surface area contributed by atoms with E-state index in [0.29, 0.717) is 65.2 Å². The van der Waals surface area contributed by atoms with Crippen molar-refractivity contribution in [3.8, 4) is 11.5 Å². The summed E-state index contributed by atoms with van der Waals surface area (Å²) in [5, 5.41) is 0. The molecule has 226 valence electrons. The molecule has 0 aliphatic carbocycles. The molecule has 0 aliphatic heterocycles. The highest BCUT2D eigenvalue weighted by molar-refractivity contribution is 5.92. The molecule has 0 fully saturated rings. The Kier molecular flexibility index (Phi) is 12.8. The van der Waals surface area contributed by atoms with E-state index in [9.17, 15) is 19.2 Å². The fourth-order valence-corrected chi connectivity index (χ4v) is 3.80. The minimum atomic E-state index is -0.583. The highest BCUT2D eigenvalue weighted by Gasteiger charge is 2.10. The largest absolute Gasteiger partial charge is 0.462 e. The quantitative estimate of drug-likeness (QED) is 0.0736. The van der Waals surface area contributed by atoms with Crippen molar-refractivity contribution in [2.75, 3.05) is 24.7 Å². The van der Waals surface area contributed by atoms with Crippen molar-refractivity contribution in [3.05, 3.63) is 89.5 Å². The number of carbonyl (C=O) groups excluding carboxylic acids is 4. The number of carbonyl (C=O) groups is 4. The van der Waals surface area contributed by atoms with Gasteiger partial charge in [-0.1, -0.05) is 25.5 Å². The Morgan fingerprint density at radius 3 is 1.81 bits per heavy atom. The van der Waals surface area contributed by atoms with Gasteiger partial charge in [-0.2, -0.15) is 0 Å². The van der Waals surface area contributed by atoms with E-state index in [1.54, 1.807) is 60.7 Å². The Labute approximate surface area is 250 Å². The first kappa shape index (κ1) is 32.4. The third kappa shape index (κ3) is 11.7. The van der Waals surface area contributed by atoms with Crippen LogP contribution in [-0.2, 0) is 19.1 Å². The average molecular weight is 589 g/mol. The third-order valence-electron chi connectivity index (χ3n) is 6.03. The predicted molar refractivity (Wildman–Crippen MR) is 162 cm³/mol. The molecule has 0 bridgehead atoms. The molecule has 0 atom stereocenters. The Balaban J connectivity index is 1.32. The van der Waals surface area contributed by atoms with E-state index in [1.165, 1.54) is 18.2 Å². The molecular weight excluding hydrogens is 552 g/mol. The summed E-state index contributed by atoms with van der Waals surface area (Å²) < 4.78 is 21.0. The molecular formula is C33H36N2O8. The van der Waals surface area contributed by atoms with Crippen molar-refractivity contribution in [2.45, 2.75) is 45.4 Å². The number of rotatable bonds is 15.